The van der Waals surface area contributed by atoms with Crippen LogP contribution in [0.5, 0.6) is 0 Å². The van der Waals surface area contributed by atoms with E-state index in [1.165, 1.54) is 6.42 Å². The zero-order chi connectivity index (χ0) is 8.43. The van der Waals surface area contributed by atoms with Gasteiger partial charge in [-0.1, -0.05) is 6.92 Å². The van der Waals surface area contributed by atoms with Crippen LogP contribution in [0.1, 0.15) is 33.1 Å². The highest BCUT2D eigenvalue weighted by atomic mass is 35.5. The first-order valence-electron chi connectivity index (χ1n) is 4.55. The van der Waals surface area contributed by atoms with Crippen molar-refractivity contribution in [2.24, 2.45) is 17.6 Å². The monoisotopic (exact) mass is 229 g/mol. The third-order valence-electron chi connectivity index (χ3n) is 2.95. The van der Waals surface area contributed by atoms with Crippen LogP contribution in [0, 0.1) is 11.8 Å². The highest BCUT2D eigenvalue weighted by Gasteiger charge is 2.30. The molecule has 0 aromatic rings. The Labute approximate surface area is 93.1 Å². The molecule has 1 rings (SSSR count). The van der Waals surface area contributed by atoms with Crippen LogP contribution in [0.2, 0.25) is 0 Å². The Morgan fingerprint density at radius 1 is 1.31 bits per heavy atom. The molecule has 1 aliphatic carbocycles. The molecular formula is C9H21Cl2NO. The second kappa shape index (κ2) is 6.88. The molecule has 1 saturated carbocycles. The fourth-order valence-corrected chi connectivity index (χ4v) is 1.52. The highest BCUT2D eigenvalue weighted by molar-refractivity contribution is 5.85. The van der Waals surface area contributed by atoms with Gasteiger partial charge < -0.3 is 10.8 Å². The molecule has 0 aromatic carbocycles. The van der Waals surface area contributed by atoms with Crippen LogP contribution in [-0.2, 0) is 0 Å². The number of aliphatic hydroxyl groups excluding tert-OH is 1. The zero-order valence-electron chi connectivity index (χ0n) is 8.27. The van der Waals surface area contributed by atoms with Gasteiger partial charge in [0.2, 0.25) is 0 Å². The minimum atomic E-state index is -0.0313. The van der Waals surface area contributed by atoms with Crippen LogP contribution < -0.4 is 5.73 Å². The summed E-state index contributed by atoms with van der Waals surface area (Å²) in [5, 5.41) is 9.30. The fraction of sp³-hybridized carbons (Fsp3) is 1.00. The Bertz CT molecular complexity index is 128. The van der Waals surface area contributed by atoms with E-state index in [-0.39, 0.29) is 37.0 Å². The smallest absolute Gasteiger partial charge is 0.0568 e. The van der Waals surface area contributed by atoms with Gasteiger partial charge in [-0.25, -0.2) is 0 Å². The first-order valence-corrected chi connectivity index (χ1v) is 4.55. The second-order valence-electron chi connectivity index (χ2n) is 3.98. The predicted molar refractivity (Wildman–Crippen MR) is 60.7 cm³/mol. The summed E-state index contributed by atoms with van der Waals surface area (Å²) in [6, 6.07) is 0.266. The standard InChI is InChI=1S/C9H19NO.2ClH/c1-6(7(2)10)5-8-3-4-9(8)11;;/h6-9,11H,3-5,10H2,1-2H3;2*1H. The largest absolute Gasteiger partial charge is 0.393 e. The van der Waals surface area contributed by atoms with E-state index < -0.39 is 0 Å². The number of hydrogen-bond acceptors (Lipinski definition) is 2. The Hall–Kier alpha value is 0.500. The Morgan fingerprint density at radius 2 is 1.85 bits per heavy atom. The second-order valence-corrected chi connectivity index (χ2v) is 3.98. The minimum Gasteiger partial charge on any atom is -0.393 e. The third kappa shape index (κ3) is 4.50. The van der Waals surface area contributed by atoms with Gasteiger partial charge in [0.25, 0.3) is 0 Å². The molecule has 4 atom stereocenters. The van der Waals surface area contributed by atoms with Crippen molar-refractivity contribution in [1.29, 1.82) is 0 Å². The van der Waals surface area contributed by atoms with Crippen molar-refractivity contribution < 1.29 is 5.11 Å². The van der Waals surface area contributed by atoms with Crippen molar-refractivity contribution in [3.05, 3.63) is 0 Å². The summed E-state index contributed by atoms with van der Waals surface area (Å²) in [5.41, 5.74) is 5.73. The summed E-state index contributed by atoms with van der Waals surface area (Å²) in [6.45, 7) is 4.20. The normalized spacial score (nSPS) is 30.5. The van der Waals surface area contributed by atoms with E-state index in [9.17, 15) is 5.11 Å². The van der Waals surface area contributed by atoms with Gasteiger partial charge in [-0.15, -0.1) is 24.8 Å². The lowest BCUT2D eigenvalue weighted by Gasteiger charge is -2.35. The molecule has 4 unspecified atom stereocenters. The summed E-state index contributed by atoms with van der Waals surface area (Å²) in [5.74, 6) is 1.09. The van der Waals surface area contributed by atoms with Crippen LogP contribution in [0.25, 0.3) is 0 Å². The maximum Gasteiger partial charge on any atom is 0.0568 e. The van der Waals surface area contributed by atoms with Crippen LogP contribution in [0.4, 0.5) is 0 Å². The average Bonchev–Trinajstić information content (AvgIpc) is 1.96. The van der Waals surface area contributed by atoms with Gasteiger partial charge in [0, 0.05) is 6.04 Å². The van der Waals surface area contributed by atoms with Crippen LogP contribution in [-0.4, -0.2) is 17.3 Å². The molecule has 1 aliphatic rings. The molecule has 0 aromatic heterocycles. The molecule has 0 spiro atoms. The fourth-order valence-electron chi connectivity index (χ4n) is 1.52. The van der Waals surface area contributed by atoms with Crippen LogP contribution in [0.3, 0.4) is 0 Å². The quantitative estimate of drug-likeness (QED) is 0.778. The Kier molecular flexibility index (Phi) is 8.44. The maximum atomic E-state index is 9.30. The van der Waals surface area contributed by atoms with Gasteiger partial charge in [-0.3, -0.25) is 0 Å². The number of rotatable bonds is 3. The van der Waals surface area contributed by atoms with Crippen molar-refractivity contribution in [2.75, 3.05) is 0 Å². The average molecular weight is 230 g/mol. The molecule has 2 nitrogen and oxygen atoms in total. The first-order chi connectivity index (χ1) is 5.11. The predicted octanol–water partition coefficient (Wildman–Crippen LogP) is 1.97. The summed E-state index contributed by atoms with van der Waals surface area (Å²) >= 11 is 0. The molecule has 0 radical (unpaired) electrons. The number of halogens is 2. The van der Waals surface area contributed by atoms with Gasteiger partial charge >= 0.3 is 0 Å². The lowest BCUT2D eigenvalue weighted by molar-refractivity contribution is 0.0104. The summed E-state index contributed by atoms with van der Waals surface area (Å²) in [7, 11) is 0. The lowest BCUT2D eigenvalue weighted by atomic mass is 9.75. The SMILES string of the molecule is CC(N)C(C)CC1CCC1O.Cl.Cl. The minimum absolute atomic E-state index is 0. The van der Waals surface area contributed by atoms with Crippen molar-refractivity contribution in [1.82, 2.24) is 0 Å². The van der Waals surface area contributed by atoms with E-state index in [0.717, 1.165) is 12.8 Å². The van der Waals surface area contributed by atoms with E-state index in [1.807, 2.05) is 6.92 Å². The van der Waals surface area contributed by atoms with Crippen molar-refractivity contribution in [2.45, 2.75) is 45.3 Å². The maximum absolute atomic E-state index is 9.30. The highest BCUT2D eigenvalue weighted by Crippen LogP contribution is 2.33. The van der Waals surface area contributed by atoms with E-state index in [4.69, 9.17) is 5.73 Å². The third-order valence-corrected chi connectivity index (χ3v) is 2.95. The molecule has 0 saturated heterocycles. The molecule has 1 fully saturated rings. The van der Waals surface area contributed by atoms with E-state index in [1.54, 1.807) is 0 Å². The summed E-state index contributed by atoms with van der Waals surface area (Å²) in [4.78, 5) is 0. The molecule has 0 bridgehead atoms. The topological polar surface area (TPSA) is 46.2 Å². The lowest BCUT2D eigenvalue weighted by Crippen LogP contribution is -2.35. The number of nitrogens with two attached hydrogens (primary N) is 1. The van der Waals surface area contributed by atoms with Gasteiger partial charge in [0.15, 0.2) is 0 Å². The molecule has 0 amide bonds. The summed E-state index contributed by atoms with van der Waals surface area (Å²) < 4.78 is 0. The van der Waals surface area contributed by atoms with Gasteiger partial charge in [-0.05, 0) is 38.0 Å². The van der Waals surface area contributed by atoms with E-state index >= 15 is 0 Å². The molecule has 4 heteroatoms. The van der Waals surface area contributed by atoms with Gasteiger partial charge in [-0.2, -0.15) is 0 Å². The number of hydrogen-bond donors (Lipinski definition) is 2. The molecule has 0 aliphatic heterocycles. The Balaban J connectivity index is 0. The zero-order valence-corrected chi connectivity index (χ0v) is 9.90. The molecule has 3 N–H and O–H groups in total. The van der Waals surface area contributed by atoms with Gasteiger partial charge in [0.05, 0.1) is 6.10 Å². The number of aliphatic hydroxyl groups is 1. The van der Waals surface area contributed by atoms with E-state index in [0.29, 0.717) is 11.8 Å². The van der Waals surface area contributed by atoms with Crippen molar-refractivity contribution in [3.8, 4) is 0 Å². The molecule has 13 heavy (non-hydrogen) atoms. The Morgan fingerprint density at radius 3 is 2.08 bits per heavy atom. The van der Waals surface area contributed by atoms with Crippen molar-refractivity contribution >= 4 is 24.8 Å². The van der Waals surface area contributed by atoms with Crippen LogP contribution in [0.15, 0.2) is 0 Å². The van der Waals surface area contributed by atoms with Crippen LogP contribution >= 0.6 is 24.8 Å². The molecular weight excluding hydrogens is 209 g/mol. The molecule has 0 heterocycles. The summed E-state index contributed by atoms with van der Waals surface area (Å²) in [6.07, 6.45) is 3.25. The molecule has 82 valence electrons. The first kappa shape index (κ1) is 15.9. The van der Waals surface area contributed by atoms with Crippen molar-refractivity contribution in [3.63, 3.8) is 0 Å². The van der Waals surface area contributed by atoms with E-state index in [2.05, 4.69) is 6.92 Å². The van der Waals surface area contributed by atoms with Gasteiger partial charge in [0.1, 0.15) is 0 Å².